The van der Waals surface area contributed by atoms with Crippen LogP contribution in [0.5, 0.6) is 0 Å². The molecule has 0 unspecified atom stereocenters. The third kappa shape index (κ3) is 3.66. The lowest BCUT2D eigenvalue weighted by Crippen LogP contribution is -3.30. The van der Waals surface area contributed by atoms with Gasteiger partial charge in [-0.05, 0) is 6.92 Å². The van der Waals surface area contributed by atoms with Gasteiger partial charge in [0.05, 0.1) is 0 Å². The van der Waals surface area contributed by atoms with E-state index in [1.807, 2.05) is 6.92 Å². The van der Waals surface area contributed by atoms with Crippen LogP contribution in [0.4, 0.5) is 0 Å². The monoisotopic (exact) mass is 325 g/mol. The molecule has 1 fully saturated rings. The van der Waals surface area contributed by atoms with Crippen molar-refractivity contribution >= 4 is 5.91 Å². The summed E-state index contributed by atoms with van der Waals surface area (Å²) >= 11 is 0. The minimum Gasteiger partial charge on any atom is -0.365 e. The zero-order valence-electron chi connectivity index (χ0n) is 14.2. The second-order valence-electron chi connectivity index (χ2n) is 6.69. The Hall–Kier alpha value is -2.17. The van der Waals surface area contributed by atoms with Crippen molar-refractivity contribution in [3.63, 3.8) is 0 Å². The van der Waals surface area contributed by atoms with E-state index in [-0.39, 0.29) is 11.9 Å². The first kappa shape index (κ1) is 16.7. The molecule has 126 valence electrons. The summed E-state index contributed by atoms with van der Waals surface area (Å²) in [5.41, 5.74) is 8.18. The first-order chi connectivity index (χ1) is 11.7. The van der Waals surface area contributed by atoms with E-state index in [0.717, 1.165) is 26.2 Å². The molecule has 0 spiro atoms. The van der Waals surface area contributed by atoms with Crippen LogP contribution < -0.4 is 15.5 Å². The lowest BCUT2D eigenvalue weighted by atomic mass is 9.96. The van der Waals surface area contributed by atoms with Gasteiger partial charge in [-0.1, -0.05) is 60.7 Å². The summed E-state index contributed by atoms with van der Waals surface area (Å²) < 4.78 is 0. The fraction of sp³-hybridized carbons (Fsp3) is 0.350. The molecule has 0 radical (unpaired) electrons. The highest BCUT2D eigenvalue weighted by Gasteiger charge is 2.34. The Morgan fingerprint density at radius 2 is 1.25 bits per heavy atom. The van der Waals surface area contributed by atoms with Crippen molar-refractivity contribution in [3.8, 4) is 0 Å². The molecule has 2 aromatic carbocycles. The number of rotatable bonds is 5. The number of piperazine rings is 1. The van der Waals surface area contributed by atoms with Gasteiger partial charge >= 0.3 is 0 Å². The molecule has 1 saturated heterocycles. The minimum atomic E-state index is -0.198. The van der Waals surface area contributed by atoms with Crippen molar-refractivity contribution in [1.82, 2.24) is 0 Å². The topological polar surface area (TPSA) is 52.0 Å². The molecule has 2 aromatic rings. The second-order valence-corrected chi connectivity index (χ2v) is 6.69. The normalized spacial score (nSPS) is 22.2. The molecule has 0 aliphatic carbocycles. The van der Waals surface area contributed by atoms with Crippen LogP contribution in [-0.4, -0.2) is 38.1 Å². The maximum atomic E-state index is 11.5. The maximum Gasteiger partial charge on any atom is 0.275 e. The predicted octanol–water partition coefficient (Wildman–Crippen LogP) is -0.567. The molecule has 0 saturated carbocycles. The van der Waals surface area contributed by atoms with Crippen molar-refractivity contribution in [2.75, 3.05) is 26.2 Å². The molecule has 1 atom stereocenters. The van der Waals surface area contributed by atoms with Gasteiger partial charge in [-0.3, -0.25) is 4.79 Å². The van der Waals surface area contributed by atoms with E-state index >= 15 is 0 Å². The van der Waals surface area contributed by atoms with Gasteiger partial charge in [0.15, 0.2) is 6.04 Å². The van der Waals surface area contributed by atoms with Gasteiger partial charge in [0.2, 0.25) is 0 Å². The SMILES string of the molecule is C[C@H](C(N)=O)[NH+]1CC[NH+](C(c2ccccc2)c2ccccc2)CC1. The van der Waals surface area contributed by atoms with Crippen molar-refractivity contribution in [2.24, 2.45) is 5.73 Å². The first-order valence-corrected chi connectivity index (χ1v) is 8.75. The number of amides is 1. The van der Waals surface area contributed by atoms with Crippen LogP contribution in [0.2, 0.25) is 0 Å². The number of primary amides is 1. The number of nitrogens with one attached hydrogen (secondary N) is 2. The van der Waals surface area contributed by atoms with E-state index in [0.29, 0.717) is 6.04 Å². The standard InChI is InChI=1S/C20H25N3O/c1-16(20(21)24)22-12-14-23(15-13-22)19(17-8-4-2-5-9-17)18-10-6-3-7-11-18/h2-11,16,19H,12-15H2,1H3,(H2,21,24)/p+2/t16-/m1/s1. The highest BCUT2D eigenvalue weighted by atomic mass is 16.1. The smallest absolute Gasteiger partial charge is 0.275 e. The van der Waals surface area contributed by atoms with Gasteiger partial charge < -0.3 is 15.5 Å². The molecule has 0 bridgehead atoms. The van der Waals surface area contributed by atoms with Crippen molar-refractivity contribution in [2.45, 2.75) is 19.0 Å². The lowest BCUT2D eigenvalue weighted by molar-refractivity contribution is -1.03. The van der Waals surface area contributed by atoms with Crippen molar-refractivity contribution in [3.05, 3.63) is 71.8 Å². The Bertz CT molecular complexity index is 612. The molecule has 0 aromatic heterocycles. The van der Waals surface area contributed by atoms with Crippen LogP contribution in [-0.2, 0) is 4.79 Å². The molecule has 4 N–H and O–H groups in total. The molecular weight excluding hydrogens is 298 g/mol. The molecule has 4 nitrogen and oxygen atoms in total. The van der Waals surface area contributed by atoms with Crippen molar-refractivity contribution in [1.29, 1.82) is 0 Å². The Morgan fingerprint density at radius 3 is 1.67 bits per heavy atom. The number of hydrogen-bond acceptors (Lipinski definition) is 1. The van der Waals surface area contributed by atoms with Gasteiger partial charge in [0.25, 0.3) is 5.91 Å². The molecule has 24 heavy (non-hydrogen) atoms. The van der Waals surface area contributed by atoms with Crippen LogP contribution >= 0.6 is 0 Å². The Kier molecular flexibility index (Phi) is 5.28. The third-order valence-electron chi connectivity index (χ3n) is 5.25. The second kappa shape index (κ2) is 7.60. The molecule has 1 aliphatic rings. The Labute approximate surface area is 143 Å². The molecule has 1 heterocycles. The number of hydrogen-bond donors (Lipinski definition) is 3. The summed E-state index contributed by atoms with van der Waals surface area (Å²) in [5.74, 6) is -0.198. The van der Waals surface area contributed by atoms with Crippen LogP contribution in [0.15, 0.2) is 60.7 Å². The van der Waals surface area contributed by atoms with Crippen LogP contribution in [0.1, 0.15) is 24.1 Å². The van der Waals surface area contributed by atoms with Crippen LogP contribution in [0.3, 0.4) is 0 Å². The number of nitrogens with two attached hydrogens (primary N) is 1. The van der Waals surface area contributed by atoms with Crippen molar-refractivity contribution < 1.29 is 14.6 Å². The molecular formula is C20H27N3O+2. The van der Waals surface area contributed by atoms with E-state index in [2.05, 4.69) is 60.7 Å². The molecule has 1 aliphatic heterocycles. The van der Waals surface area contributed by atoms with Gasteiger partial charge in [0.1, 0.15) is 32.2 Å². The highest BCUT2D eigenvalue weighted by molar-refractivity contribution is 5.77. The van der Waals surface area contributed by atoms with Gasteiger partial charge in [-0.25, -0.2) is 0 Å². The molecule has 4 heteroatoms. The van der Waals surface area contributed by atoms with Gasteiger partial charge in [-0.2, -0.15) is 0 Å². The van der Waals surface area contributed by atoms with Crippen LogP contribution in [0.25, 0.3) is 0 Å². The average molecular weight is 325 g/mol. The Balaban J connectivity index is 1.80. The zero-order chi connectivity index (χ0) is 16.9. The van der Waals surface area contributed by atoms with Gasteiger partial charge in [-0.15, -0.1) is 0 Å². The zero-order valence-corrected chi connectivity index (χ0v) is 14.2. The Morgan fingerprint density at radius 1 is 0.833 bits per heavy atom. The van der Waals surface area contributed by atoms with Gasteiger partial charge in [0, 0.05) is 11.1 Å². The quantitative estimate of drug-likeness (QED) is 0.678. The van der Waals surface area contributed by atoms with E-state index in [1.54, 1.807) is 4.90 Å². The van der Waals surface area contributed by atoms with Crippen LogP contribution in [0, 0.1) is 0 Å². The fourth-order valence-corrected chi connectivity index (χ4v) is 3.77. The summed E-state index contributed by atoms with van der Waals surface area (Å²) in [6.07, 6.45) is 0. The summed E-state index contributed by atoms with van der Waals surface area (Å²) in [4.78, 5) is 14.3. The highest BCUT2D eigenvalue weighted by Crippen LogP contribution is 2.18. The third-order valence-corrected chi connectivity index (χ3v) is 5.25. The summed E-state index contributed by atoms with van der Waals surface area (Å²) in [5, 5.41) is 0. The number of quaternary nitrogens is 2. The lowest BCUT2D eigenvalue weighted by Gasteiger charge is -2.36. The number of carbonyl (C=O) groups is 1. The average Bonchev–Trinajstić information content (AvgIpc) is 2.64. The van der Waals surface area contributed by atoms with E-state index in [4.69, 9.17) is 5.73 Å². The summed E-state index contributed by atoms with van der Waals surface area (Å²) in [6.45, 7) is 5.99. The largest absolute Gasteiger partial charge is 0.365 e. The number of carbonyl (C=O) groups excluding carboxylic acids is 1. The fourth-order valence-electron chi connectivity index (χ4n) is 3.77. The predicted molar refractivity (Wildman–Crippen MR) is 94.8 cm³/mol. The minimum absolute atomic E-state index is 0.0987. The van der Waals surface area contributed by atoms with E-state index in [9.17, 15) is 4.79 Å². The first-order valence-electron chi connectivity index (χ1n) is 8.75. The van der Waals surface area contributed by atoms with E-state index in [1.165, 1.54) is 16.0 Å². The molecule has 3 rings (SSSR count). The maximum absolute atomic E-state index is 11.5. The summed E-state index contributed by atoms with van der Waals surface area (Å²) in [7, 11) is 0. The number of benzene rings is 2. The summed E-state index contributed by atoms with van der Waals surface area (Å²) in [6, 6.07) is 21.7. The van der Waals surface area contributed by atoms with E-state index < -0.39 is 0 Å². The molecule has 1 amide bonds.